The lowest BCUT2D eigenvalue weighted by molar-refractivity contribution is 0.00791. The van der Waals surface area contributed by atoms with Gasteiger partial charge in [0.15, 0.2) is 0 Å². The van der Waals surface area contributed by atoms with Crippen molar-refractivity contribution in [2.24, 2.45) is 0 Å². The van der Waals surface area contributed by atoms with E-state index < -0.39 is 0 Å². The number of fused-ring (bicyclic) bond motifs is 1. The van der Waals surface area contributed by atoms with Gasteiger partial charge in [0, 0.05) is 48.5 Å². The Morgan fingerprint density at radius 2 is 1.69 bits per heavy atom. The highest BCUT2D eigenvalue weighted by Crippen LogP contribution is 2.30. The highest BCUT2D eigenvalue weighted by Gasteiger charge is 2.27. The molecule has 3 aromatic rings. The maximum Gasteiger partial charge on any atom is 0.137 e. The number of hydrogen-bond acceptors (Lipinski definition) is 7. The van der Waals surface area contributed by atoms with Crippen molar-refractivity contribution in [3.8, 4) is 11.1 Å². The zero-order chi connectivity index (χ0) is 19.5. The molecular formula is C22H26N6O. The van der Waals surface area contributed by atoms with Gasteiger partial charge in [-0.25, -0.2) is 19.9 Å². The van der Waals surface area contributed by atoms with Crippen molar-refractivity contribution < 1.29 is 4.74 Å². The first kappa shape index (κ1) is 18.4. The molecular weight excluding hydrogens is 364 g/mol. The van der Waals surface area contributed by atoms with E-state index in [0.717, 1.165) is 54.2 Å². The summed E-state index contributed by atoms with van der Waals surface area (Å²) >= 11 is 0. The lowest BCUT2D eigenvalue weighted by Crippen LogP contribution is -2.46. The molecule has 1 N–H and O–H groups in total. The van der Waals surface area contributed by atoms with E-state index in [-0.39, 0.29) is 0 Å². The summed E-state index contributed by atoms with van der Waals surface area (Å²) in [6, 6.07) is 7.39. The largest absolute Gasteiger partial charge is 0.379 e. The van der Waals surface area contributed by atoms with Crippen molar-refractivity contribution in [2.45, 2.75) is 37.8 Å². The zero-order valence-corrected chi connectivity index (χ0v) is 16.5. The summed E-state index contributed by atoms with van der Waals surface area (Å²) in [6.45, 7) is 3.90. The number of ether oxygens (including phenoxy) is 1. The Labute approximate surface area is 170 Å². The Hall–Kier alpha value is -2.64. The molecule has 2 fully saturated rings. The van der Waals surface area contributed by atoms with Crippen LogP contribution in [0.15, 0.2) is 43.2 Å². The van der Waals surface area contributed by atoms with Crippen molar-refractivity contribution in [3.63, 3.8) is 0 Å². The van der Waals surface area contributed by atoms with Gasteiger partial charge in [-0.1, -0.05) is 6.07 Å². The van der Waals surface area contributed by atoms with Crippen LogP contribution in [0.25, 0.3) is 22.0 Å². The summed E-state index contributed by atoms with van der Waals surface area (Å²) < 4.78 is 5.50. The standard InChI is InChI=1S/C22H26N6O/c1-6-21-20(11-16(1)17-12-23-14-24-13-17)22(26-15-25-21)27-18-2-4-19(5-3-18)28-7-9-29-10-8-28/h1,6,11-15,18-19H,2-5,7-10H2,(H,25,26,27)/t18-,19-. The Kier molecular flexibility index (Phi) is 5.32. The Morgan fingerprint density at radius 1 is 0.897 bits per heavy atom. The second kappa shape index (κ2) is 8.39. The molecule has 1 aliphatic carbocycles. The maximum absolute atomic E-state index is 5.50. The number of benzene rings is 1. The summed E-state index contributed by atoms with van der Waals surface area (Å²) in [5.74, 6) is 0.920. The van der Waals surface area contributed by atoms with Gasteiger partial charge in [0.2, 0.25) is 0 Å². The van der Waals surface area contributed by atoms with Crippen molar-refractivity contribution in [1.82, 2.24) is 24.8 Å². The van der Waals surface area contributed by atoms with E-state index in [0.29, 0.717) is 12.1 Å². The summed E-state index contributed by atoms with van der Waals surface area (Å²) in [5, 5.41) is 4.75. The fourth-order valence-electron chi connectivity index (χ4n) is 4.52. The average Bonchev–Trinajstić information content (AvgIpc) is 2.81. The van der Waals surface area contributed by atoms with Crippen LogP contribution in [0.3, 0.4) is 0 Å². The van der Waals surface area contributed by atoms with Crippen LogP contribution in [0.1, 0.15) is 25.7 Å². The summed E-state index contributed by atoms with van der Waals surface area (Å²) in [5.41, 5.74) is 3.02. The summed E-state index contributed by atoms with van der Waals surface area (Å²) in [6.07, 6.45) is 11.7. The minimum Gasteiger partial charge on any atom is -0.379 e. The number of rotatable bonds is 4. The normalized spacial score (nSPS) is 23.2. The van der Waals surface area contributed by atoms with Gasteiger partial charge in [-0.15, -0.1) is 0 Å². The van der Waals surface area contributed by atoms with Crippen molar-refractivity contribution >= 4 is 16.7 Å². The molecule has 1 aliphatic heterocycles. The molecule has 5 rings (SSSR count). The monoisotopic (exact) mass is 390 g/mol. The van der Waals surface area contributed by atoms with Gasteiger partial charge < -0.3 is 10.1 Å². The number of anilines is 1. The molecule has 0 bridgehead atoms. The molecule has 29 heavy (non-hydrogen) atoms. The first-order valence-corrected chi connectivity index (χ1v) is 10.5. The predicted molar refractivity (Wildman–Crippen MR) is 113 cm³/mol. The number of nitrogens with one attached hydrogen (secondary N) is 1. The van der Waals surface area contributed by atoms with Crippen molar-refractivity contribution in [3.05, 3.63) is 43.2 Å². The van der Waals surface area contributed by atoms with Crippen LogP contribution < -0.4 is 5.32 Å². The number of nitrogens with zero attached hydrogens (tertiary/aromatic N) is 5. The van der Waals surface area contributed by atoms with Crippen LogP contribution in [0.4, 0.5) is 5.82 Å². The van der Waals surface area contributed by atoms with Crippen LogP contribution in [-0.2, 0) is 4.74 Å². The third-order valence-electron chi connectivity index (χ3n) is 6.13. The number of morpholine rings is 1. The molecule has 1 saturated heterocycles. The summed E-state index contributed by atoms with van der Waals surface area (Å²) in [4.78, 5) is 19.9. The fraction of sp³-hybridized carbons (Fsp3) is 0.455. The van der Waals surface area contributed by atoms with E-state index in [1.165, 1.54) is 25.7 Å². The lowest BCUT2D eigenvalue weighted by Gasteiger charge is -2.39. The first-order valence-electron chi connectivity index (χ1n) is 10.5. The van der Waals surface area contributed by atoms with Gasteiger partial charge in [0.1, 0.15) is 18.5 Å². The predicted octanol–water partition coefficient (Wildman–Crippen LogP) is 3.14. The molecule has 1 aromatic carbocycles. The van der Waals surface area contributed by atoms with E-state index in [9.17, 15) is 0 Å². The van der Waals surface area contributed by atoms with E-state index in [2.05, 4.69) is 42.3 Å². The molecule has 3 heterocycles. The Bertz CT molecular complexity index is 952. The third-order valence-corrected chi connectivity index (χ3v) is 6.13. The van der Waals surface area contributed by atoms with Crippen LogP contribution in [-0.4, -0.2) is 63.2 Å². The van der Waals surface area contributed by atoms with Gasteiger partial charge >= 0.3 is 0 Å². The second-order valence-corrected chi connectivity index (χ2v) is 7.88. The van der Waals surface area contributed by atoms with Crippen LogP contribution in [0.5, 0.6) is 0 Å². The van der Waals surface area contributed by atoms with Gasteiger partial charge in [-0.3, -0.25) is 4.90 Å². The van der Waals surface area contributed by atoms with Crippen molar-refractivity contribution in [2.75, 3.05) is 31.6 Å². The summed E-state index contributed by atoms with van der Waals surface area (Å²) in [7, 11) is 0. The van der Waals surface area contributed by atoms with Crippen LogP contribution >= 0.6 is 0 Å². The molecule has 150 valence electrons. The molecule has 0 amide bonds. The minimum atomic E-state index is 0.453. The van der Waals surface area contributed by atoms with Gasteiger partial charge in [-0.2, -0.15) is 0 Å². The third kappa shape index (κ3) is 4.06. The van der Waals surface area contributed by atoms with Gasteiger partial charge in [0.25, 0.3) is 0 Å². The molecule has 7 nitrogen and oxygen atoms in total. The fourth-order valence-corrected chi connectivity index (χ4v) is 4.52. The molecule has 2 aliphatic rings. The molecule has 7 heteroatoms. The van der Waals surface area contributed by atoms with E-state index >= 15 is 0 Å². The minimum absolute atomic E-state index is 0.453. The smallest absolute Gasteiger partial charge is 0.137 e. The Morgan fingerprint density at radius 3 is 2.48 bits per heavy atom. The topological polar surface area (TPSA) is 76.1 Å². The highest BCUT2D eigenvalue weighted by atomic mass is 16.5. The molecule has 0 unspecified atom stereocenters. The van der Waals surface area contributed by atoms with E-state index in [1.807, 2.05) is 18.5 Å². The van der Waals surface area contributed by atoms with E-state index in [4.69, 9.17) is 4.74 Å². The van der Waals surface area contributed by atoms with Crippen molar-refractivity contribution in [1.29, 1.82) is 0 Å². The quantitative estimate of drug-likeness (QED) is 0.733. The zero-order valence-electron chi connectivity index (χ0n) is 16.5. The molecule has 2 aromatic heterocycles. The first-order chi connectivity index (χ1) is 14.4. The molecule has 0 radical (unpaired) electrons. The molecule has 1 saturated carbocycles. The SMILES string of the molecule is c1ncc(-c2ccc3ncnc(N[C@H]4CC[C@H](N5CCOCC5)CC4)c3c2)cn1. The van der Waals surface area contributed by atoms with Crippen LogP contribution in [0.2, 0.25) is 0 Å². The second-order valence-electron chi connectivity index (χ2n) is 7.88. The van der Waals surface area contributed by atoms with Gasteiger partial charge in [0.05, 0.1) is 18.7 Å². The van der Waals surface area contributed by atoms with E-state index in [1.54, 1.807) is 12.7 Å². The maximum atomic E-state index is 5.50. The highest BCUT2D eigenvalue weighted by molar-refractivity contribution is 5.92. The Balaban J connectivity index is 1.31. The average molecular weight is 390 g/mol. The number of hydrogen-bond donors (Lipinski definition) is 1. The van der Waals surface area contributed by atoms with Crippen LogP contribution in [0, 0.1) is 0 Å². The lowest BCUT2D eigenvalue weighted by atomic mass is 9.90. The number of aromatic nitrogens is 4. The van der Waals surface area contributed by atoms with Gasteiger partial charge in [-0.05, 0) is 43.4 Å². The molecule has 0 atom stereocenters. The molecule has 0 spiro atoms.